The molecule has 0 heterocycles. The van der Waals surface area contributed by atoms with Gasteiger partial charge in [0, 0.05) is 22.2 Å². The molecule has 0 unspecified atom stereocenters. The molecule has 0 aliphatic carbocycles. The van der Waals surface area contributed by atoms with Gasteiger partial charge in [0.1, 0.15) is 5.75 Å². The van der Waals surface area contributed by atoms with Crippen LogP contribution in [0.2, 0.25) is 0 Å². The summed E-state index contributed by atoms with van der Waals surface area (Å²) in [6, 6.07) is 13.9. The first-order valence-electron chi connectivity index (χ1n) is 5.43. The Kier molecular flexibility index (Phi) is 3.89. The Morgan fingerprint density at radius 1 is 1.17 bits per heavy atom. The molecular formula is C14H13NO2S. The van der Waals surface area contributed by atoms with Crippen molar-refractivity contribution in [3.8, 4) is 5.75 Å². The Bertz CT molecular complexity index is 552. The van der Waals surface area contributed by atoms with E-state index in [-0.39, 0.29) is 11.7 Å². The molecule has 92 valence electrons. The number of anilines is 1. The lowest BCUT2D eigenvalue weighted by atomic mass is 10.2. The number of rotatable bonds is 3. The molecule has 2 aromatic rings. The van der Waals surface area contributed by atoms with Gasteiger partial charge < -0.3 is 10.4 Å². The summed E-state index contributed by atoms with van der Waals surface area (Å²) in [7, 11) is 0. The van der Waals surface area contributed by atoms with E-state index in [1.807, 2.05) is 18.4 Å². The average molecular weight is 259 g/mol. The molecule has 18 heavy (non-hydrogen) atoms. The number of phenolic OH excluding ortho intramolecular Hbond substituents is 1. The zero-order chi connectivity index (χ0) is 13.0. The third-order valence-corrected chi connectivity index (χ3v) is 3.20. The highest BCUT2D eigenvalue weighted by atomic mass is 32.2. The van der Waals surface area contributed by atoms with E-state index in [1.165, 1.54) is 6.07 Å². The second-order valence-electron chi connectivity index (χ2n) is 3.73. The Morgan fingerprint density at radius 2 is 1.89 bits per heavy atom. The molecule has 0 aromatic heterocycles. The van der Waals surface area contributed by atoms with Crippen molar-refractivity contribution in [3.05, 3.63) is 54.1 Å². The minimum atomic E-state index is -0.187. The molecule has 0 aliphatic heterocycles. The van der Waals surface area contributed by atoms with E-state index in [0.29, 0.717) is 11.3 Å². The summed E-state index contributed by atoms with van der Waals surface area (Å²) in [5.41, 5.74) is 1.17. The van der Waals surface area contributed by atoms with E-state index in [1.54, 1.807) is 42.1 Å². The van der Waals surface area contributed by atoms with Crippen LogP contribution in [0.15, 0.2) is 53.4 Å². The van der Waals surface area contributed by atoms with E-state index in [0.717, 1.165) is 4.90 Å². The summed E-state index contributed by atoms with van der Waals surface area (Å²) in [5, 5.41) is 12.0. The smallest absolute Gasteiger partial charge is 0.255 e. The molecular weight excluding hydrogens is 246 g/mol. The molecule has 0 radical (unpaired) electrons. The minimum Gasteiger partial charge on any atom is -0.508 e. The first-order chi connectivity index (χ1) is 8.69. The van der Waals surface area contributed by atoms with Crippen molar-refractivity contribution >= 4 is 23.4 Å². The van der Waals surface area contributed by atoms with Gasteiger partial charge in [-0.1, -0.05) is 6.07 Å². The van der Waals surface area contributed by atoms with Crippen LogP contribution in [0.3, 0.4) is 0 Å². The molecule has 0 fully saturated rings. The number of thioether (sulfide) groups is 1. The summed E-state index contributed by atoms with van der Waals surface area (Å²) in [4.78, 5) is 13.0. The van der Waals surface area contributed by atoms with Gasteiger partial charge >= 0.3 is 0 Å². The third kappa shape index (κ3) is 3.05. The molecule has 0 atom stereocenters. The van der Waals surface area contributed by atoms with Crippen LogP contribution in [0.5, 0.6) is 5.75 Å². The number of benzene rings is 2. The van der Waals surface area contributed by atoms with E-state index in [2.05, 4.69) is 5.32 Å². The fourth-order valence-corrected chi connectivity index (χ4v) is 1.94. The largest absolute Gasteiger partial charge is 0.508 e. The highest BCUT2D eigenvalue weighted by molar-refractivity contribution is 7.98. The standard InChI is InChI=1S/C14H13NO2S/c1-18-13-7-5-10(6-8-13)14(17)15-11-3-2-4-12(16)9-11/h2-9,16H,1H3,(H,15,17). The van der Waals surface area contributed by atoms with Gasteiger partial charge in [-0.05, 0) is 42.7 Å². The minimum absolute atomic E-state index is 0.130. The molecule has 0 saturated carbocycles. The maximum Gasteiger partial charge on any atom is 0.255 e. The number of carbonyl (C=O) groups excluding carboxylic acids is 1. The van der Waals surface area contributed by atoms with Gasteiger partial charge in [-0.3, -0.25) is 4.79 Å². The molecule has 1 amide bonds. The van der Waals surface area contributed by atoms with Crippen LogP contribution in [0, 0.1) is 0 Å². The van der Waals surface area contributed by atoms with Gasteiger partial charge in [-0.15, -0.1) is 11.8 Å². The van der Waals surface area contributed by atoms with Gasteiger partial charge in [-0.25, -0.2) is 0 Å². The average Bonchev–Trinajstić information content (AvgIpc) is 2.39. The van der Waals surface area contributed by atoms with Crippen molar-refractivity contribution in [2.75, 3.05) is 11.6 Å². The first-order valence-corrected chi connectivity index (χ1v) is 6.66. The fraction of sp³-hybridized carbons (Fsp3) is 0.0714. The monoisotopic (exact) mass is 259 g/mol. The molecule has 3 nitrogen and oxygen atoms in total. The summed E-state index contributed by atoms with van der Waals surface area (Å²) in [5.74, 6) is -0.0567. The van der Waals surface area contributed by atoms with E-state index in [4.69, 9.17) is 0 Å². The SMILES string of the molecule is CSc1ccc(C(=O)Nc2cccc(O)c2)cc1. The lowest BCUT2D eigenvalue weighted by Crippen LogP contribution is -2.11. The van der Waals surface area contributed by atoms with Crippen LogP contribution in [-0.4, -0.2) is 17.3 Å². The predicted octanol–water partition coefficient (Wildman–Crippen LogP) is 3.37. The Morgan fingerprint density at radius 3 is 2.50 bits per heavy atom. The zero-order valence-electron chi connectivity index (χ0n) is 9.88. The summed E-state index contributed by atoms with van der Waals surface area (Å²) >= 11 is 1.63. The fourth-order valence-electron chi connectivity index (χ4n) is 1.53. The second kappa shape index (κ2) is 5.60. The van der Waals surface area contributed by atoms with Crippen molar-refractivity contribution in [3.63, 3.8) is 0 Å². The summed E-state index contributed by atoms with van der Waals surface area (Å²) < 4.78 is 0. The Hall–Kier alpha value is -1.94. The molecule has 0 aliphatic rings. The first kappa shape index (κ1) is 12.5. The van der Waals surface area contributed by atoms with Crippen LogP contribution in [-0.2, 0) is 0 Å². The van der Waals surface area contributed by atoms with E-state index in [9.17, 15) is 9.90 Å². The highest BCUT2D eigenvalue weighted by Crippen LogP contribution is 2.18. The van der Waals surface area contributed by atoms with Crippen LogP contribution < -0.4 is 5.32 Å². The molecule has 4 heteroatoms. The predicted molar refractivity (Wildman–Crippen MR) is 74.3 cm³/mol. The lowest BCUT2D eigenvalue weighted by Gasteiger charge is -2.06. The van der Waals surface area contributed by atoms with Crippen LogP contribution in [0.25, 0.3) is 0 Å². The van der Waals surface area contributed by atoms with E-state index >= 15 is 0 Å². The molecule has 0 spiro atoms. The van der Waals surface area contributed by atoms with Crippen LogP contribution in [0.4, 0.5) is 5.69 Å². The van der Waals surface area contributed by atoms with Crippen molar-refractivity contribution in [1.82, 2.24) is 0 Å². The van der Waals surface area contributed by atoms with Crippen molar-refractivity contribution in [1.29, 1.82) is 0 Å². The van der Waals surface area contributed by atoms with E-state index < -0.39 is 0 Å². The molecule has 2 rings (SSSR count). The number of aromatic hydroxyl groups is 1. The summed E-state index contributed by atoms with van der Waals surface area (Å²) in [6.07, 6.45) is 1.99. The Labute approximate surface area is 110 Å². The number of phenols is 1. The van der Waals surface area contributed by atoms with Gasteiger partial charge in [0.2, 0.25) is 0 Å². The number of amides is 1. The second-order valence-corrected chi connectivity index (χ2v) is 4.61. The normalized spacial score (nSPS) is 10.1. The Balaban J connectivity index is 2.11. The number of nitrogens with one attached hydrogen (secondary N) is 1. The van der Waals surface area contributed by atoms with Crippen LogP contribution >= 0.6 is 11.8 Å². The number of carbonyl (C=O) groups is 1. The summed E-state index contributed by atoms with van der Waals surface area (Å²) in [6.45, 7) is 0. The van der Waals surface area contributed by atoms with Gasteiger partial charge in [0.05, 0.1) is 0 Å². The lowest BCUT2D eigenvalue weighted by molar-refractivity contribution is 0.102. The highest BCUT2D eigenvalue weighted by Gasteiger charge is 2.06. The van der Waals surface area contributed by atoms with Crippen molar-refractivity contribution in [2.24, 2.45) is 0 Å². The maximum absolute atomic E-state index is 11.9. The van der Waals surface area contributed by atoms with Crippen molar-refractivity contribution < 1.29 is 9.90 Å². The third-order valence-electron chi connectivity index (χ3n) is 2.46. The number of hydrogen-bond donors (Lipinski definition) is 2. The van der Waals surface area contributed by atoms with Gasteiger partial charge in [0.15, 0.2) is 0 Å². The van der Waals surface area contributed by atoms with Crippen molar-refractivity contribution in [2.45, 2.75) is 4.90 Å². The van der Waals surface area contributed by atoms with Gasteiger partial charge in [0.25, 0.3) is 5.91 Å². The van der Waals surface area contributed by atoms with Crippen LogP contribution in [0.1, 0.15) is 10.4 Å². The maximum atomic E-state index is 11.9. The molecule has 0 bridgehead atoms. The zero-order valence-corrected chi connectivity index (χ0v) is 10.7. The van der Waals surface area contributed by atoms with Gasteiger partial charge in [-0.2, -0.15) is 0 Å². The topological polar surface area (TPSA) is 49.3 Å². The number of hydrogen-bond acceptors (Lipinski definition) is 3. The quantitative estimate of drug-likeness (QED) is 0.831. The molecule has 2 N–H and O–H groups in total. The molecule has 0 saturated heterocycles. The molecule has 2 aromatic carbocycles.